The van der Waals surface area contributed by atoms with Crippen LogP contribution in [0.15, 0.2) is 12.3 Å². The third kappa shape index (κ3) is 3.22. The van der Waals surface area contributed by atoms with Gasteiger partial charge in [0, 0.05) is 19.3 Å². The predicted molar refractivity (Wildman–Crippen MR) is 67.2 cm³/mol. The Bertz CT molecular complexity index is 391. The highest BCUT2D eigenvalue weighted by Crippen LogP contribution is 2.22. The van der Waals surface area contributed by atoms with Crippen molar-refractivity contribution in [1.82, 2.24) is 15.1 Å². The third-order valence-corrected chi connectivity index (χ3v) is 3.72. The number of rotatable bonds is 2. The number of carbonyl (C=O) groups excluding carboxylic acids is 1. The van der Waals surface area contributed by atoms with Crippen LogP contribution in [0.5, 0.6) is 0 Å². The summed E-state index contributed by atoms with van der Waals surface area (Å²) >= 11 is 6.28. The van der Waals surface area contributed by atoms with Crippen LogP contribution >= 0.6 is 11.6 Å². The molecule has 2 rings (SSSR count). The Morgan fingerprint density at radius 3 is 2.94 bits per heavy atom. The molecule has 94 valence electrons. The number of amides is 1. The van der Waals surface area contributed by atoms with Crippen LogP contribution in [-0.2, 0) is 7.05 Å². The van der Waals surface area contributed by atoms with Gasteiger partial charge in [-0.05, 0) is 18.9 Å². The van der Waals surface area contributed by atoms with Gasteiger partial charge in [0.05, 0.1) is 5.38 Å². The normalized spacial score (nSPS) is 25.3. The number of aromatic nitrogens is 2. The summed E-state index contributed by atoms with van der Waals surface area (Å²) in [5, 5.41) is 7.12. The minimum absolute atomic E-state index is 0.0464. The Labute approximate surface area is 106 Å². The van der Waals surface area contributed by atoms with Gasteiger partial charge in [0.25, 0.3) is 5.91 Å². The zero-order valence-corrected chi connectivity index (χ0v) is 10.8. The van der Waals surface area contributed by atoms with E-state index in [1.54, 1.807) is 24.0 Å². The maximum Gasteiger partial charge on any atom is 0.272 e. The lowest BCUT2D eigenvalue weighted by Crippen LogP contribution is -2.40. The fraction of sp³-hybridized carbons (Fsp3) is 0.667. The van der Waals surface area contributed by atoms with E-state index in [1.165, 1.54) is 6.42 Å². The van der Waals surface area contributed by atoms with Gasteiger partial charge < -0.3 is 5.32 Å². The van der Waals surface area contributed by atoms with Gasteiger partial charge in [0.1, 0.15) is 5.69 Å². The lowest BCUT2D eigenvalue weighted by atomic mass is 10.1. The molecule has 1 saturated carbocycles. The molecule has 4 nitrogen and oxygen atoms in total. The van der Waals surface area contributed by atoms with E-state index in [0.29, 0.717) is 5.69 Å². The Balaban J connectivity index is 1.97. The summed E-state index contributed by atoms with van der Waals surface area (Å²) in [6.45, 7) is 0. The first-order valence-electron chi connectivity index (χ1n) is 6.11. The molecule has 0 bridgehead atoms. The van der Waals surface area contributed by atoms with Crippen LogP contribution in [0, 0.1) is 0 Å². The van der Waals surface area contributed by atoms with Crippen LogP contribution in [0.4, 0.5) is 0 Å². The monoisotopic (exact) mass is 255 g/mol. The lowest BCUT2D eigenvalue weighted by molar-refractivity contribution is 0.0928. The first-order chi connectivity index (χ1) is 8.16. The van der Waals surface area contributed by atoms with Gasteiger partial charge >= 0.3 is 0 Å². The van der Waals surface area contributed by atoms with Crippen molar-refractivity contribution in [1.29, 1.82) is 0 Å². The second-order valence-electron chi connectivity index (χ2n) is 4.61. The highest BCUT2D eigenvalue weighted by atomic mass is 35.5. The van der Waals surface area contributed by atoms with Gasteiger partial charge in [0.15, 0.2) is 0 Å². The summed E-state index contributed by atoms with van der Waals surface area (Å²) in [5.41, 5.74) is 0.459. The highest BCUT2D eigenvalue weighted by Gasteiger charge is 2.24. The number of carbonyl (C=O) groups is 1. The van der Waals surface area contributed by atoms with Crippen molar-refractivity contribution in [3.63, 3.8) is 0 Å². The van der Waals surface area contributed by atoms with E-state index in [-0.39, 0.29) is 17.3 Å². The van der Waals surface area contributed by atoms with E-state index < -0.39 is 0 Å². The van der Waals surface area contributed by atoms with E-state index in [4.69, 9.17) is 11.6 Å². The molecule has 0 spiro atoms. The second-order valence-corrected chi connectivity index (χ2v) is 5.17. The molecule has 1 aromatic rings. The van der Waals surface area contributed by atoms with E-state index >= 15 is 0 Å². The number of alkyl halides is 1. The molecule has 1 heterocycles. The fourth-order valence-corrected chi connectivity index (χ4v) is 2.55. The summed E-state index contributed by atoms with van der Waals surface area (Å²) in [4.78, 5) is 11.9. The first kappa shape index (κ1) is 12.4. The standard InChI is InChI=1S/C12H18ClN3O/c1-16-8-7-11(15-16)12(17)14-10-6-4-2-3-5-9(10)13/h7-10H,2-6H2,1H3,(H,14,17). The largest absolute Gasteiger partial charge is 0.346 e. The van der Waals surface area contributed by atoms with Gasteiger partial charge in [-0.25, -0.2) is 0 Å². The molecule has 1 amide bonds. The van der Waals surface area contributed by atoms with Crippen molar-refractivity contribution < 1.29 is 4.79 Å². The van der Waals surface area contributed by atoms with Crippen molar-refractivity contribution in [3.05, 3.63) is 18.0 Å². The number of halogens is 1. The molecule has 0 radical (unpaired) electrons. The minimum Gasteiger partial charge on any atom is -0.346 e. The molecule has 0 aliphatic heterocycles. The van der Waals surface area contributed by atoms with Crippen LogP contribution in [0.25, 0.3) is 0 Å². The maximum atomic E-state index is 11.9. The van der Waals surface area contributed by atoms with Gasteiger partial charge in [-0.2, -0.15) is 5.10 Å². The Morgan fingerprint density at radius 1 is 1.47 bits per heavy atom. The van der Waals surface area contributed by atoms with Crippen LogP contribution in [0.2, 0.25) is 0 Å². The zero-order valence-electron chi connectivity index (χ0n) is 10.0. The molecule has 1 aromatic heterocycles. The van der Waals surface area contributed by atoms with Crippen LogP contribution in [0.1, 0.15) is 42.6 Å². The Morgan fingerprint density at radius 2 is 2.24 bits per heavy atom. The SMILES string of the molecule is Cn1ccc(C(=O)NC2CCCCCC2Cl)n1. The molecule has 1 N–H and O–H groups in total. The van der Waals surface area contributed by atoms with E-state index in [1.807, 2.05) is 0 Å². The summed E-state index contributed by atoms with van der Waals surface area (Å²) in [7, 11) is 1.80. The van der Waals surface area contributed by atoms with Crippen molar-refractivity contribution in [3.8, 4) is 0 Å². The number of nitrogens with one attached hydrogen (secondary N) is 1. The quantitative estimate of drug-likeness (QED) is 0.650. The average Bonchev–Trinajstić information content (AvgIpc) is 2.63. The fourth-order valence-electron chi connectivity index (χ4n) is 2.20. The molecule has 2 atom stereocenters. The minimum atomic E-state index is -0.122. The van der Waals surface area contributed by atoms with Crippen LogP contribution < -0.4 is 5.32 Å². The molecule has 17 heavy (non-hydrogen) atoms. The van der Waals surface area contributed by atoms with Crippen molar-refractivity contribution >= 4 is 17.5 Å². The molecule has 0 aromatic carbocycles. The Hall–Kier alpha value is -1.03. The zero-order chi connectivity index (χ0) is 12.3. The maximum absolute atomic E-state index is 11.9. The first-order valence-corrected chi connectivity index (χ1v) is 6.55. The van der Waals surface area contributed by atoms with Gasteiger partial charge in [-0.1, -0.05) is 19.3 Å². The van der Waals surface area contributed by atoms with Crippen molar-refractivity contribution in [2.24, 2.45) is 7.05 Å². The molecule has 1 aliphatic carbocycles. The van der Waals surface area contributed by atoms with E-state index in [0.717, 1.165) is 25.7 Å². The molecule has 2 unspecified atom stereocenters. The van der Waals surface area contributed by atoms with Crippen LogP contribution in [-0.4, -0.2) is 27.1 Å². The van der Waals surface area contributed by atoms with Crippen LogP contribution in [0.3, 0.4) is 0 Å². The predicted octanol–water partition coefficient (Wildman–Crippen LogP) is 2.09. The van der Waals surface area contributed by atoms with Gasteiger partial charge in [-0.3, -0.25) is 9.48 Å². The summed E-state index contributed by atoms with van der Waals surface area (Å²) in [6, 6.07) is 1.80. The van der Waals surface area contributed by atoms with Crippen molar-refractivity contribution in [2.45, 2.75) is 43.5 Å². The highest BCUT2D eigenvalue weighted by molar-refractivity contribution is 6.21. The van der Waals surface area contributed by atoms with Crippen molar-refractivity contribution in [2.75, 3.05) is 0 Å². The van der Waals surface area contributed by atoms with Gasteiger partial charge in [0.2, 0.25) is 0 Å². The smallest absolute Gasteiger partial charge is 0.272 e. The summed E-state index contributed by atoms with van der Waals surface area (Å²) in [6.07, 6.45) is 7.21. The molecule has 1 fully saturated rings. The molecule has 1 aliphatic rings. The molecule has 0 saturated heterocycles. The summed E-state index contributed by atoms with van der Waals surface area (Å²) < 4.78 is 1.63. The number of aryl methyl sites for hydroxylation is 1. The third-order valence-electron chi connectivity index (χ3n) is 3.19. The molecular formula is C12H18ClN3O. The van der Waals surface area contributed by atoms with E-state index in [9.17, 15) is 4.79 Å². The molecule has 5 heteroatoms. The second kappa shape index (κ2) is 5.54. The summed E-state index contributed by atoms with van der Waals surface area (Å²) in [5.74, 6) is -0.122. The number of hydrogen-bond donors (Lipinski definition) is 1. The lowest BCUT2D eigenvalue weighted by Gasteiger charge is -2.20. The number of nitrogens with zero attached hydrogens (tertiary/aromatic N) is 2. The van der Waals surface area contributed by atoms with Gasteiger partial charge in [-0.15, -0.1) is 11.6 Å². The van der Waals surface area contributed by atoms with E-state index in [2.05, 4.69) is 10.4 Å². The number of hydrogen-bond acceptors (Lipinski definition) is 2. The molecular weight excluding hydrogens is 238 g/mol. The topological polar surface area (TPSA) is 46.9 Å². The average molecular weight is 256 g/mol. The Kier molecular flexibility index (Phi) is 4.05.